The summed E-state index contributed by atoms with van der Waals surface area (Å²) < 4.78 is 5.45. The fourth-order valence-electron chi connectivity index (χ4n) is 4.51. The van der Waals surface area contributed by atoms with Crippen molar-refractivity contribution in [3.05, 3.63) is 23.3 Å². The normalized spacial score (nSPS) is 28.7. The molecule has 2 fully saturated rings. The van der Waals surface area contributed by atoms with Gasteiger partial charge in [-0.15, -0.1) is 12.4 Å². The summed E-state index contributed by atoms with van der Waals surface area (Å²) in [6.07, 6.45) is 5.50. The van der Waals surface area contributed by atoms with E-state index in [1.54, 1.807) is 7.11 Å². The van der Waals surface area contributed by atoms with Gasteiger partial charge in [0.2, 0.25) is 5.91 Å². The Labute approximate surface area is 150 Å². The zero-order chi connectivity index (χ0) is 16.6. The number of carbonyl (C=O) groups is 1. The van der Waals surface area contributed by atoms with Crippen molar-refractivity contribution in [3.63, 3.8) is 0 Å². The second-order valence-electron chi connectivity index (χ2n) is 7.27. The van der Waals surface area contributed by atoms with Gasteiger partial charge in [-0.3, -0.25) is 4.79 Å². The first-order valence-electron chi connectivity index (χ1n) is 8.72. The Morgan fingerprint density at radius 1 is 1.21 bits per heavy atom. The molecule has 0 aromatic heterocycles. The zero-order valence-corrected chi connectivity index (χ0v) is 15.6. The van der Waals surface area contributed by atoms with Crippen molar-refractivity contribution in [1.82, 2.24) is 0 Å². The maximum Gasteiger partial charge on any atom is 0.227 e. The smallest absolute Gasteiger partial charge is 0.227 e. The number of halogens is 1. The highest BCUT2D eigenvalue weighted by Crippen LogP contribution is 2.42. The van der Waals surface area contributed by atoms with E-state index < -0.39 is 0 Å². The maximum absolute atomic E-state index is 12.7. The third-order valence-corrected chi connectivity index (χ3v) is 5.85. The molecule has 2 aliphatic rings. The summed E-state index contributed by atoms with van der Waals surface area (Å²) in [4.78, 5) is 12.7. The Bertz CT molecular complexity index is 591. The monoisotopic (exact) mass is 352 g/mol. The number of rotatable bonds is 3. The molecule has 24 heavy (non-hydrogen) atoms. The number of benzene rings is 1. The summed E-state index contributed by atoms with van der Waals surface area (Å²) in [7, 11) is 1.67. The number of methoxy groups -OCH3 is 1. The molecule has 134 valence electrons. The largest absolute Gasteiger partial charge is 0.496 e. The lowest BCUT2D eigenvalue weighted by Gasteiger charge is -2.43. The summed E-state index contributed by atoms with van der Waals surface area (Å²) in [5.74, 6) is 2.13. The van der Waals surface area contributed by atoms with Gasteiger partial charge in [-0.25, -0.2) is 0 Å². The van der Waals surface area contributed by atoms with Crippen LogP contribution in [0.1, 0.15) is 43.2 Å². The molecular weight excluding hydrogens is 324 g/mol. The standard InChI is InChI=1S/C19H28N2O2.ClH/c1-11-7-8-16(12(2)18(11)23-3)21-19(22)15-9-13-5-4-6-14(10-15)17(13)20;/h7-8,13-15,17H,4-6,9-10,20H2,1-3H3,(H,21,22);1H. The van der Waals surface area contributed by atoms with Crippen molar-refractivity contribution >= 4 is 24.0 Å². The Hall–Kier alpha value is -1.26. The Morgan fingerprint density at radius 3 is 2.42 bits per heavy atom. The van der Waals surface area contributed by atoms with Crippen LogP contribution in [-0.2, 0) is 4.79 Å². The lowest BCUT2D eigenvalue weighted by molar-refractivity contribution is -0.122. The first-order valence-corrected chi connectivity index (χ1v) is 8.72. The highest BCUT2D eigenvalue weighted by molar-refractivity contribution is 5.93. The molecule has 2 unspecified atom stereocenters. The van der Waals surface area contributed by atoms with Gasteiger partial charge < -0.3 is 15.8 Å². The van der Waals surface area contributed by atoms with Gasteiger partial charge in [-0.1, -0.05) is 12.5 Å². The summed E-state index contributed by atoms with van der Waals surface area (Å²) in [5.41, 5.74) is 9.27. The van der Waals surface area contributed by atoms with Crippen LogP contribution in [0.3, 0.4) is 0 Å². The first kappa shape index (κ1) is 19.1. The van der Waals surface area contributed by atoms with Crippen molar-refractivity contribution < 1.29 is 9.53 Å². The summed E-state index contributed by atoms with van der Waals surface area (Å²) >= 11 is 0. The molecule has 1 amide bonds. The number of hydrogen-bond donors (Lipinski definition) is 2. The van der Waals surface area contributed by atoms with Crippen molar-refractivity contribution in [3.8, 4) is 5.75 Å². The molecule has 0 saturated heterocycles. The minimum absolute atomic E-state index is 0. The number of amides is 1. The highest BCUT2D eigenvalue weighted by Gasteiger charge is 2.40. The van der Waals surface area contributed by atoms with Crippen molar-refractivity contribution in [2.75, 3.05) is 12.4 Å². The van der Waals surface area contributed by atoms with Crippen molar-refractivity contribution in [2.24, 2.45) is 23.5 Å². The van der Waals surface area contributed by atoms with Gasteiger partial charge in [0.25, 0.3) is 0 Å². The third-order valence-electron chi connectivity index (χ3n) is 5.85. The van der Waals surface area contributed by atoms with Gasteiger partial charge in [0.05, 0.1) is 7.11 Å². The van der Waals surface area contributed by atoms with Crippen molar-refractivity contribution in [2.45, 2.75) is 52.0 Å². The molecule has 2 aliphatic carbocycles. The fraction of sp³-hybridized carbons (Fsp3) is 0.632. The SMILES string of the molecule is COc1c(C)ccc(NC(=O)C2CC3CCCC(C2)C3N)c1C.Cl. The third kappa shape index (κ3) is 3.55. The lowest BCUT2D eigenvalue weighted by Crippen LogP contribution is -2.48. The highest BCUT2D eigenvalue weighted by atomic mass is 35.5. The van der Waals surface area contributed by atoms with Gasteiger partial charge in [0.15, 0.2) is 0 Å². The molecular formula is C19H29ClN2O2. The van der Waals surface area contributed by atoms with Crippen LogP contribution in [0.2, 0.25) is 0 Å². The molecule has 0 radical (unpaired) electrons. The van der Waals surface area contributed by atoms with Gasteiger partial charge in [0, 0.05) is 23.2 Å². The van der Waals surface area contributed by atoms with Crippen LogP contribution in [0.5, 0.6) is 5.75 Å². The Morgan fingerprint density at radius 2 is 1.83 bits per heavy atom. The molecule has 2 atom stereocenters. The number of carbonyl (C=O) groups excluding carboxylic acids is 1. The molecule has 0 heterocycles. The molecule has 3 rings (SSSR count). The van der Waals surface area contributed by atoms with Crippen LogP contribution in [0.25, 0.3) is 0 Å². The summed E-state index contributed by atoms with van der Waals surface area (Å²) in [6, 6.07) is 4.27. The molecule has 2 saturated carbocycles. The van der Waals surface area contributed by atoms with Crippen molar-refractivity contribution in [1.29, 1.82) is 0 Å². The van der Waals surface area contributed by atoms with E-state index in [1.165, 1.54) is 19.3 Å². The zero-order valence-electron chi connectivity index (χ0n) is 14.8. The lowest BCUT2D eigenvalue weighted by atomic mass is 9.65. The molecule has 1 aromatic carbocycles. The average molecular weight is 353 g/mol. The average Bonchev–Trinajstić information content (AvgIpc) is 2.50. The molecule has 3 N–H and O–H groups in total. The molecule has 1 aromatic rings. The number of fused-ring (bicyclic) bond motifs is 2. The van der Waals surface area contributed by atoms with E-state index in [-0.39, 0.29) is 24.2 Å². The number of nitrogens with one attached hydrogen (secondary N) is 1. The number of nitrogens with two attached hydrogens (primary N) is 1. The minimum atomic E-state index is 0. The van der Waals surface area contributed by atoms with E-state index in [9.17, 15) is 4.79 Å². The fourth-order valence-corrected chi connectivity index (χ4v) is 4.51. The van der Waals surface area contributed by atoms with Gasteiger partial charge in [-0.05, 0) is 63.0 Å². The minimum Gasteiger partial charge on any atom is -0.496 e. The molecule has 4 nitrogen and oxygen atoms in total. The van der Waals surface area contributed by atoms with E-state index in [2.05, 4.69) is 5.32 Å². The predicted octanol–water partition coefficient (Wildman–Crippen LogP) is 3.83. The maximum atomic E-state index is 12.7. The van der Waals surface area contributed by atoms with Crippen LogP contribution in [-0.4, -0.2) is 19.1 Å². The summed E-state index contributed by atoms with van der Waals surface area (Å²) in [5, 5.41) is 3.13. The predicted molar refractivity (Wildman–Crippen MR) is 99.9 cm³/mol. The van der Waals surface area contributed by atoms with Gasteiger partial charge >= 0.3 is 0 Å². The van der Waals surface area contributed by atoms with Crippen LogP contribution in [0.4, 0.5) is 5.69 Å². The summed E-state index contributed by atoms with van der Waals surface area (Å²) in [6.45, 7) is 4.01. The molecule has 0 aliphatic heterocycles. The second-order valence-corrected chi connectivity index (χ2v) is 7.27. The van der Waals surface area contributed by atoms with Crippen LogP contribution in [0.15, 0.2) is 12.1 Å². The van der Waals surface area contributed by atoms with Crippen LogP contribution >= 0.6 is 12.4 Å². The van der Waals surface area contributed by atoms with E-state index in [0.717, 1.165) is 35.4 Å². The second kappa shape index (κ2) is 7.75. The molecule has 0 spiro atoms. The van der Waals surface area contributed by atoms with Crippen LogP contribution < -0.4 is 15.8 Å². The van der Waals surface area contributed by atoms with E-state index in [4.69, 9.17) is 10.5 Å². The molecule has 5 heteroatoms. The number of ether oxygens (including phenoxy) is 1. The first-order chi connectivity index (χ1) is 11.0. The van der Waals surface area contributed by atoms with E-state index >= 15 is 0 Å². The topological polar surface area (TPSA) is 64.3 Å². The van der Waals surface area contributed by atoms with Gasteiger partial charge in [-0.2, -0.15) is 0 Å². The Kier molecular flexibility index (Phi) is 6.16. The Balaban J connectivity index is 0.00000208. The molecule has 2 bridgehead atoms. The van der Waals surface area contributed by atoms with E-state index in [1.807, 2.05) is 26.0 Å². The quantitative estimate of drug-likeness (QED) is 0.869. The number of anilines is 1. The number of aryl methyl sites for hydroxylation is 1. The van der Waals surface area contributed by atoms with Gasteiger partial charge in [0.1, 0.15) is 5.75 Å². The van der Waals surface area contributed by atoms with Crippen LogP contribution in [0, 0.1) is 31.6 Å². The number of hydrogen-bond acceptors (Lipinski definition) is 3. The van der Waals surface area contributed by atoms with E-state index in [0.29, 0.717) is 17.9 Å².